The second-order valence-electron chi connectivity index (χ2n) is 7.29. The van der Waals surface area contributed by atoms with Crippen LogP contribution in [0.1, 0.15) is 78.1 Å². The molecule has 2 atom stereocenters. The third-order valence-corrected chi connectivity index (χ3v) is 5.60. The predicted molar refractivity (Wildman–Crippen MR) is 92.5 cm³/mol. The van der Waals surface area contributed by atoms with Gasteiger partial charge in [-0.25, -0.2) is 0 Å². The molecule has 1 aliphatic carbocycles. The van der Waals surface area contributed by atoms with Crippen molar-refractivity contribution >= 4 is 15.9 Å². The summed E-state index contributed by atoms with van der Waals surface area (Å²) in [5.41, 5.74) is 1.71. The molecule has 0 aliphatic heterocycles. The molecule has 1 N–H and O–H groups in total. The zero-order chi connectivity index (χ0) is 15.6. The predicted octanol–water partition coefficient (Wildman–Crippen LogP) is 5.09. The minimum absolute atomic E-state index is 0.379. The third-order valence-electron chi connectivity index (χ3n) is 4.99. The van der Waals surface area contributed by atoms with Gasteiger partial charge in [-0.05, 0) is 60.5 Å². The molecule has 1 fully saturated rings. The van der Waals surface area contributed by atoms with Gasteiger partial charge in [0.25, 0.3) is 0 Å². The van der Waals surface area contributed by atoms with Gasteiger partial charge in [-0.15, -0.1) is 0 Å². The van der Waals surface area contributed by atoms with Crippen molar-refractivity contribution < 1.29 is 0 Å². The van der Waals surface area contributed by atoms with Gasteiger partial charge in [-0.1, -0.05) is 33.6 Å². The summed E-state index contributed by atoms with van der Waals surface area (Å²) in [5.74, 6) is 0.664. The SMILES string of the molecule is CCNC(c1c(Br)cnn1C(C)C)C1CCCCC1(C)C. The van der Waals surface area contributed by atoms with Gasteiger partial charge < -0.3 is 5.32 Å². The van der Waals surface area contributed by atoms with E-state index in [1.54, 1.807) is 0 Å². The van der Waals surface area contributed by atoms with Crippen molar-refractivity contribution in [3.63, 3.8) is 0 Å². The first kappa shape index (κ1) is 17.0. The van der Waals surface area contributed by atoms with Crippen molar-refractivity contribution in [2.24, 2.45) is 11.3 Å². The van der Waals surface area contributed by atoms with E-state index in [9.17, 15) is 0 Å². The quantitative estimate of drug-likeness (QED) is 0.796. The van der Waals surface area contributed by atoms with Crippen molar-refractivity contribution in [1.82, 2.24) is 15.1 Å². The minimum Gasteiger partial charge on any atom is -0.309 e. The molecular weight excluding hydrogens is 326 g/mol. The molecule has 0 spiro atoms. The summed E-state index contributed by atoms with van der Waals surface area (Å²) in [7, 11) is 0. The largest absolute Gasteiger partial charge is 0.309 e. The van der Waals surface area contributed by atoms with Gasteiger partial charge in [0.2, 0.25) is 0 Å². The smallest absolute Gasteiger partial charge is 0.0701 e. The third kappa shape index (κ3) is 3.53. The molecule has 0 bridgehead atoms. The van der Waals surface area contributed by atoms with Crippen LogP contribution in [-0.4, -0.2) is 16.3 Å². The zero-order valence-electron chi connectivity index (χ0n) is 14.1. The van der Waals surface area contributed by atoms with E-state index in [2.05, 4.69) is 65.6 Å². The van der Waals surface area contributed by atoms with E-state index < -0.39 is 0 Å². The van der Waals surface area contributed by atoms with Gasteiger partial charge in [0.1, 0.15) is 0 Å². The highest BCUT2D eigenvalue weighted by molar-refractivity contribution is 9.10. The molecule has 1 aliphatic rings. The van der Waals surface area contributed by atoms with Crippen molar-refractivity contribution in [3.8, 4) is 0 Å². The summed E-state index contributed by atoms with van der Waals surface area (Å²) in [6.07, 6.45) is 7.30. The number of rotatable bonds is 5. The number of nitrogens with zero attached hydrogens (tertiary/aromatic N) is 2. The number of hydrogen-bond acceptors (Lipinski definition) is 2. The summed E-state index contributed by atoms with van der Waals surface area (Å²) >= 11 is 3.74. The van der Waals surface area contributed by atoms with E-state index in [0.717, 1.165) is 11.0 Å². The molecule has 21 heavy (non-hydrogen) atoms. The van der Waals surface area contributed by atoms with E-state index in [0.29, 0.717) is 23.4 Å². The fourth-order valence-electron chi connectivity index (χ4n) is 3.84. The summed E-state index contributed by atoms with van der Waals surface area (Å²) in [6, 6.07) is 0.767. The Morgan fingerprint density at radius 2 is 2.14 bits per heavy atom. The van der Waals surface area contributed by atoms with Crippen LogP contribution in [0.15, 0.2) is 10.7 Å². The standard InChI is InChI=1S/C17H30BrN3/c1-6-19-15(13-9-7-8-10-17(13,4)5)16-14(18)11-20-21(16)12(2)3/h11-13,15,19H,6-10H2,1-5H3. The lowest BCUT2D eigenvalue weighted by Gasteiger charge is -2.44. The summed E-state index contributed by atoms with van der Waals surface area (Å²) in [6.45, 7) is 12.5. The Balaban J connectivity index is 2.41. The average Bonchev–Trinajstić information content (AvgIpc) is 2.78. The molecule has 0 radical (unpaired) electrons. The topological polar surface area (TPSA) is 29.9 Å². The molecule has 120 valence electrons. The molecule has 0 saturated heterocycles. The monoisotopic (exact) mass is 355 g/mol. The lowest BCUT2D eigenvalue weighted by Crippen LogP contribution is -2.40. The fraction of sp³-hybridized carbons (Fsp3) is 0.824. The molecule has 3 nitrogen and oxygen atoms in total. The van der Waals surface area contributed by atoms with E-state index >= 15 is 0 Å². The molecule has 4 heteroatoms. The Morgan fingerprint density at radius 1 is 1.43 bits per heavy atom. The van der Waals surface area contributed by atoms with E-state index in [4.69, 9.17) is 0 Å². The molecule has 1 aromatic heterocycles. The fourth-order valence-corrected chi connectivity index (χ4v) is 4.36. The van der Waals surface area contributed by atoms with Crippen LogP contribution in [0.2, 0.25) is 0 Å². The Kier molecular flexibility index (Phi) is 5.53. The van der Waals surface area contributed by atoms with Crippen LogP contribution in [0.4, 0.5) is 0 Å². The minimum atomic E-state index is 0.379. The molecule has 1 heterocycles. The number of hydrogen-bond donors (Lipinski definition) is 1. The second-order valence-corrected chi connectivity index (χ2v) is 8.15. The lowest BCUT2D eigenvalue weighted by atomic mass is 9.65. The number of nitrogens with one attached hydrogen (secondary N) is 1. The lowest BCUT2D eigenvalue weighted by molar-refractivity contribution is 0.0945. The van der Waals surface area contributed by atoms with E-state index in [1.165, 1.54) is 31.4 Å². The average molecular weight is 356 g/mol. The van der Waals surface area contributed by atoms with E-state index in [1.807, 2.05) is 6.20 Å². The highest BCUT2D eigenvalue weighted by Gasteiger charge is 2.40. The maximum atomic E-state index is 4.59. The summed E-state index contributed by atoms with van der Waals surface area (Å²) in [5, 5.41) is 8.35. The molecule has 1 aromatic rings. The van der Waals surface area contributed by atoms with Crippen LogP contribution in [0, 0.1) is 11.3 Å². The van der Waals surface area contributed by atoms with Crippen molar-refractivity contribution in [2.75, 3.05) is 6.54 Å². The first-order valence-corrected chi connectivity index (χ1v) is 9.14. The Hall–Kier alpha value is -0.350. The van der Waals surface area contributed by atoms with Crippen LogP contribution in [-0.2, 0) is 0 Å². The van der Waals surface area contributed by atoms with Gasteiger partial charge in [-0.2, -0.15) is 5.10 Å². The Morgan fingerprint density at radius 3 is 2.71 bits per heavy atom. The van der Waals surface area contributed by atoms with Crippen LogP contribution >= 0.6 is 15.9 Å². The molecule has 0 amide bonds. The van der Waals surface area contributed by atoms with Crippen LogP contribution in [0.3, 0.4) is 0 Å². The first-order chi connectivity index (χ1) is 9.88. The molecule has 1 saturated carbocycles. The maximum Gasteiger partial charge on any atom is 0.0701 e. The van der Waals surface area contributed by atoms with Gasteiger partial charge in [0.05, 0.1) is 22.4 Å². The summed E-state index contributed by atoms with van der Waals surface area (Å²) < 4.78 is 3.32. The molecule has 2 rings (SSSR count). The number of halogens is 1. The van der Waals surface area contributed by atoms with Crippen LogP contribution < -0.4 is 5.32 Å². The van der Waals surface area contributed by atoms with Gasteiger partial charge in [0.15, 0.2) is 0 Å². The van der Waals surface area contributed by atoms with Gasteiger partial charge >= 0.3 is 0 Å². The molecule has 2 unspecified atom stereocenters. The van der Waals surface area contributed by atoms with Crippen LogP contribution in [0.25, 0.3) is 0 Å². The van der Waals surface area contributed by atoms with Crippen molar-refractivity contribution in [2.45, 2.75) is 72.4 Å². The maximum absolute atomic E-state index is 4.59. The first-order valence-electron chi connectivity index (χ1n) is 8.34. The molecule has 0 aromatic carbocycles. The van der Waals surface area contributed by atoms with Crippen molar-refractivity contribution in [1.29, 1.82) is 0 Å². The Labute approximate surface area is 138 Å². The van der Waals surface area contributed by atoms with Gasteiger partial charge in [-0.3, -0.25) is 4.68 Å². The molecular formula is C17H30BrN3. The van der Waals surface area contributed by atoms with Gasteiger partial charge in [0, 0.05) is 6.04 Å². The normalized spacial score (nSPS) is 23.5. The highest BCUT2D eigenvalue weighted by atomic mass is 79.9. The zero-order valence-corrected chi connectivity index (χ0v) is 15.7. The highest BCUT2D eigenvalue weighted by Crippen LogP contribution is 2.48. The van der Waals surface area contributed by atoms with Crippen molar-refractivity contribution in [3.05, 3.63) is 16.4 Å². The summed E-state index contributed by atoms with van der Waals surface area (Å²) in [4.78, 5) is 0. The Bertz CT molecular complexity index is 465. The number of aromatic nitrogens is 2. The second kappa shape index (κ2) is 6.82. The van der Waals surface area contributed by atoms with Crippen LogP contribution in [0.5, 0.6) is 0 Å². The van der Waals surface area contributed by atoms with E-state index in [-0.39, 0.29) is 0 Å².